The molecule has 1 aliphatic rings. The lowest BCUT2D eigenvalue weighted by molar-refractivity contribution is 0.123. The summed E-state index contributed by atoms with van der Waals surface area (Å²) in [5.74, 6) is 7.47. The van der Waals surface area contributed by atoms with E-state index >= 15 is 0 Å². The van der Waals surface area contributed by atoms with Crippen LogP contribution in [0, 0.1) is 6.92 Å². The summed E-state index contributed by atoms with van der Waals surface area (Å²) in [6.45, 7) is 7.79. The van der Waals surface area contributed by atoms with Gasteiger partial charge in [-0.1, -0.05) is 161 Å². The Hall–Kier alpha value is -17.3. The van der Waals surface area contributed by atoms with Crippen molar-refractivity contribution in [3.8, 4) is 5.75 Å². The summed E-state index contributed by atoms with van der Waals surface area (Å²) in [7, 11) is 1.67. The molecule has 0 radical (unpaired) electrons. The van der Waals surface area contributed by atoms with Gasteiger partial charge in [0.2, 0.25) is 0 Å². The molecule has 8 aromatic carbocycles. The van der Waals surface area contributed by atoms with Crippen LogP contribution in [0.25, 0.3) is 88.3 Å². The predicted octanol–water partition coefficient (Wildman–Crippen LogP) is 29.5. The normalized spacial score (nSPS) is 11.3. The standard InChI is InChI=1S/C17H18N4O.C15H15N3O.C15H15N3.C14H13N3.C13H9Cl2N3.3C13H10ClN3/c1-2-4-15(21-9-11-22-12-10-21)14(3-1)19-16-6-5-13-7-8-18-17(13)20-16;1-19-13-4-2-3-11(9-13)10-17-14-6-5-12-7-8-16-15(12)18-14;1-11-2-4-12(5-3-11)10-17-14-7-6-13-8-9-16-15(13)18-14;1-2-4-11(5-3-1)10-16-13-7-6-12-8-9-15-14(12)17-13;14-9-5-10(15)7-11(6-9)17-12-2-1-8-3-4-16-13(8)18-12;14-10-2-4-11(5-3-10)16-12-6-1-9-7-8-15-13(9)17-12;14-10-2-1-3-11(8-10)16-12-5-4-9-6-7-15-13(9)17-12;14-10-3-1-2-4-11(10)16-12-6-5-9-7-8-15-13(9)17-12/h1-8H,9-12H2,(H2,18,19,20);2-9H,10H2,1H3,(H2,16,17,18);2-9H,10H2,1H3,(H2,16,17,18);1-9H,10H2,(H2,15,16,17);1-7H,(H2,16,17,18);3*1-8H,(H2,15,16,17). The third kappa shape index (κ3) is 27.9. The summed E-state index contributed by atoms with van der Waals surface area (Å²) in [4.78, 5) is 63.0. The van der Waals surface area contributed by atoms with Crippen molar-refractivity contribution in [3.63, 3.8) is 0 Å². The number of pyridine rings is 8. The molecule has 1 saturated heterocycles. The number of ether oxygens (including phenoxy) is 2. The molecule has 0 atom stereocenters. The molecule has 24 aromatic rings. The highest BCUT2D eigenvalue weighted by molar-refractivity contribution is 6.35. The fourth-order valence-electron chi connectivity index (χ4n) is 15.4. The van der Waals surface area contributed by atoms with E-state index in [9.17, 15) is 0 Å². The quantitative estimate of drug-likeness (QED) is 0.0318. The van der Waals surface area contributed by atoms with Gasteiger partial charge in [-0.15, -0.1) is 0 Å². The van der Waals surface area contributed by atoms with E-state index < -0.39 is 0 Å². The van der Waals surface area contributed by atoms with Crippen molar-refractivity contribution in [3.05, 3.63) is 437 Å². The second-order valence-electron chi connectivity index (χ2n) is 33.2. The number of nitrogens with zero attached hydrogens (tertiary/aromatic N) is 9. The maximum Gasteiger partial charge on any atom is 0.139 e. The number of rotatable bonds is 21. The van der Waals surface area contributed by atoms with Crippen LogP contribution < -0.4 is 52.2 Å². The number of hydrogen-bond donors (Lipinski definition) is 16. The molecule has 0 aliphatic carbocycles. The van der Waals surface area contributed by atoms with Crippen molar-refractivity contribution < 1.29 is 9.47 Å². The summed E-state index contributed by atoms with van der Waals surface area (Å²) in [5, 5.41) is 38.3. The van der Waals surface area contributed by atoms with E-state index in [1.54, 1.807) is 25.3 Å². The minimum Gasteiger partial charge on any atom is -0.497 e. The minimum absolute atomic E-state index is 0.589. The average molecular weight is 2020 g/mol. The topological polar surface area (TPSA) is 347 Å². The molecule has 1 aliphatic heterocycles. The van der Waals surface area contributed by atoms with Gasteiger partial charge in [0.25, 0.3) is 0 Å². The Morgan fingerprint density at radius 3 is 1.05 bits per heavy atom. The number of aryl methyl sites for hydroxylation is 1. The van der Waals surface area contributed by atoms with Gasteiger partial charge in [0.05, 0.1) is 42.4 Å². The fraction of sp³-hybridized carbons (Fsp3) is 0.0796. The monoisotopic (exact) mass is 2010 g/mol. The molecule has 25 rings (SSSR count). The Labute approximate surface area is 859 Å². The molecule has 724 valence electrons. The number of anilines is 14. The molecule has 0 bridgehead atoms. The van der Waals surface area contributed by atoms with E-state index in [4.69, 9.17) is 67.5 Å². The number of morpholine rings is 1. The highest BCUT2D eigenvalue weighted by Gasteiger charge is 2.17. The Balaban J connectivity index is 0.000000109. The van der Waals surface area contributed by atoms with Crippen molar-refractivity contribution in [2.45, 2.75) is 26.6 Å². The first kappa shape index (κ1) is 97.9. The number of fused-ring (bicyclic) bond motifs is 8. The Morgan fingerprint density at radius 2 is 0.621 bits per heavy atom. The number of aromatic nitrogens is 16. The molecule has 145 heavy (non-hydrogen) atoms. The van der Waals surface area contributed by atoms with Crippen molar-refractivity contribution in [2.24, 2.45) is 0 Å². The Kier molecular flexibility index (Phi) is 32.9. The summed E-state index contributed by atoms with van der Waals surface area (Å²) < 4.78 is 10.6. The van der Waals surface area contributed by atoms with Crippen LogP contribution in [-0.4, -0.2) is 113 Å². The summed E-state index contributed by atoms with van der Waals surface area (Å²) >= 11 is 29.7. The molecule has 0 amide bonds. The second kappa shape index (κ2) is 48.7. The van der Waals surface area contributed by atoms with E-state index in [0.717, 1.165) is 226 Å². The Morgan fingerprint density at radius 1 is 0.276 bits per heavy atom. The molecule has 27 nitrogen and oxygen atoms in total. The van der Waals surface area contributed by atoms with Gasteiger partial charge >= 0.3 is 0 Å². The van der Waals surface area contributed by atoms with Gasteiger partial charge in [-0.2, -0.15) is 0 Å². The van der Waals surface area contributed by atoms with Crippen molar-refractivity contribution in [1.29, 1.82) is 0 Å². The van der Waals surface area contributed by atoms with Gasteiger partial charge in [-0.3, -0.25) is 0 Å². The number of halogens is 5. The zero-order valence-corrected chi connectivity index (χ0v) is 82.4. The van der Waals surface area contributed by atoms with Gasteiger partial charge < -0.3 is 96.8 Å². The molecule has 16 aromatic heterocycles. The fourth-order valence-corrected chi connectivity index (χ4v) is 16.4. The van der Waals surface area contributed by atoms with Gasteiger partial charge in [0.15, 0.2) is 0 Å². The van der Waals surface area contributed by atoms with E-state index in [1.165, 1.54) is 22.4 Å². The van der Waals surface area contributed by atoms with Crippen LogP contribution in [0.2, 0.25) is 25.1 Å². The van der Waals surface area contributed by atoms with Gasteiger partial charge in [0.1, 0.15) is 97.5 Å². The SMILES string of the molecule is COc1cccc(CNc2ccc3cc[nH]c3n2)c1.Cc1ccc(CNc2ccc3cc[nH]c3n2)cc1.Clc1cc(Cl)cc(Nc2ccc3cc[nH]c3n2)c1.Clc1ccc(Nc2ccc3cc[nH]c3n2)cc1.Clc1cccc(Nc2ccc3cc[nH]c3n2)c1.Clc1ccccc1Nc1ccc2cc[nH]c2n1.c1ccc(CNc2ccc3cc[nH]c3n2)cc1.c1ccc(N2CCOCC2)c(Nc2ccc3cc[nH]c3n2)c1. The van der Waals surface area contributed by atoms with E-state index in [1.807, 2.05) is 292 Å². The zero-order chi connectivity index (χ0) is 99.3. The first-order chi connectivity index (χ1) is 71.1. The molecule has 16 N–H and O–H groups in total. The van der Waals surface area contributed by atoms with E-state index in [0.29, 0.717) is 20.1 Å². The zero-order valence-electron chi connectivity index (χ0n) is 78.6. The summed E-state index contributed by atoms with van der Waals surface area (Å²) in [5.41, 5.74) is 17.9. The number of para-hydroxylation sites is 3. The lowest BCUT2D eigenvalue weighted by atomic mass is 10.1. The van der Waals surface area contributed by atoms with Crippen LogP contribution in [0.5, 0.6) is 5.75 Å². The number of aromatic amines is 8. The number of methoxy groups -OCH3 is 1. The van der Waals surface area contributed by atoms with E-state index in [-0.39, 0.29) is 0 Å². The first-order valence-electron chi connectivity index (χ1n) is 46.6. The number of hydrogen-bond acceptors (Lipinski definition) is 19. The predicted molar refractivity (Wildman–Crippen MR) is 598 cm³/mol. The smallest absolute Gasteiger partial charge is 0.139 e. The van der Waals surface area contributed by atoms with Gasteiger partial charge in [0, 0.05) is 163 Å². The number of nitrogens with one attached hydrogen (secondary N) is 16. The third-order valence-electron chi connectivity index (χ3n) is 22.8. The minimum atomic E-state index is 0.589. The van der Waals surface area contributed by atoms with Crippen LogP contribution in [-0.2, 0) is 24.4 Å². The maximum absolute atomic E-state index is 6.07. The van der Waals surface area contributed by atoms with Crippen molar-refractivity contribution in [2.75, 3.05) is 80.8 Å². The highest BCUT2D eigenvalue weighted by Crippen LogP contribution is 2.33. The van der Waals surface area contributed by atoms with Crippen LogP contribution >= 0.6 is 58.0 Å². The lowest BCUT2D eigenvalue weighted by Crippen LogP contribution is -2.36. The largest absolute Gasteiger partial charge is 0.497 e. The first-order valence-corrected chi connectivity index (χ1v) is 48.5. The molecular weight excluding hydrogens is 1920 g/mol. The lowest BCUT2D eigenvalue weighted by Gasteiger charge is -2.30. The second-order valence-corrected chi connectivity index (χ2v) is 35.3. The van der Waals surface area contributed by atoms with Gasteiger partial charge in [-0.05, 0) is 266 Å². The third-order valence-corrected chi connectivity index (χ3v) is 24.1. The Bertz CT molecular complexity index is 8280. The summed E-state index contributed by atoms with van der Waals surface area (Å²) in [6, 6.07) is 111. The van der Waals surface area contributed by atoms with E-state index in [2.05, 4.69) is 213 Å². The summed E-state index contributed by atoms with van der Waals surface area (Å²) in [6.07, 6.45) is 15.1. The number of benzene rings is 8. The molecule has 32 heteroatoms. The number of H-pyrrole nitrogens is 8. The van der Waals surface area contributed by atoms with Gasteiger partial charge in [-0.25, -0.2) is 39.9 Å². The van der Waals surface area contributed by atoms with Crippen molar-refractivity contribution in [1.82, 2.24) is 79.7 Å². The van der Waals surface area contributed by atoms with Crippen LogP contribution in [0.3, 0.4) is 0 Å². The van der Waals surface area contributed by atoms with Crippen LogP contribution in [0.4, 0.5) is 80.7 Å². The highest BCUT2D eigenvalue weighted by atomic mass is 35.5. The van der Waals surface area contributed by atoms with Crippen molar-refractivity contribution >= 4 is 227 Å². The molecule has 1 fully saturated rings. The molecular formula is C113H100Cl5N25O2. The maximum atomic E-state index is 6.07. The molecule has 0 saturated carbocycles. The van der Waals surface area contributed by atoms with Crippen LogP contribution in [0.15, 0.2) is 389 Å². The average Bonchev–Trinajstić information content (AvgIpc) is 1.54. The van der Waals surface area contributed by atoms with Crippen LogP contribution in [0.1, 0.15) is 22.3 Å². The molecule has 0 unspecified atom stereocenters. The molecule has 0 spiro atoms. The molecule has 17 heterocycles.